The van der Waals surface area contributed by atoms with Crippen molar-refractivity contribution in [1.29, 1.82) is 0 Å². The molecule has 0 unspecified atom stereocenters. The Hall–Kier alpha value is -2.24. The molecule has 23 heavy (non-hydrogen) atoms. The SMILES string of the molecule is COC(=O)c1sc(-c2ccncc2)nc1Cc1ccc(Cl)cc1. The average Bonchev–Trinajstić information content (AvgIpc) is 3.01. The van der Waals surface area contributed by atoms with Gasteiger partial charge in [0, 0.05) is 29.4 Å². The van der Waals surface area contributed by atoms with Crippen molar-refractivity contribution < 1.29 is 9.53 Å². The molecule has 116 valence electrons. The van der Waals surface area contributed by atoms with Gasteiger partial charge in [-0.05, 0) is 29.8 Å². The summed E-state index contributed by atoms with van der Waals surface area (Å²) in [6, 6.07) is 11.2. The lowest BCUT2D eigenvalue weighted by molar-refractivity contribution is 0.0605. The van der Waals surface area contributed by atoms with E-state index in [9.17, 15) is 4.79 Å². The molecule has 0 aliphatic heterocycles. The molecule has 2 aromatic heterocycles. The number of carbonyl (C=O) groups excluding carboxylic acids is 1. The van der Waals surface area contributed by atoms with E-state index in [1.807, 2.05) is 36.4 Å². The molecule has 0 aliphatic rings. The second-order valence-electron chi connectivity index (χ2n) is 4.83. The van der Waals surface area contributed by atoms with Crippen molar-refractivity contribution in [3.05, 3.63) is 69.9 Å². The van der Waals surface area contributed by atoms with Crippen LogP contribution in [0.4, 0.5) is 0 Å². The van der Waals surface area contributed by atoms with Gasteiger partial charge >= 0.3 is 5.97 Å². The standard InChI is InChI=1S/C17H13ClN2O2S/c1-22-17(21)15-14(10-11-2-4-13(18)5-3-11)20-16(23-15)12-6-8-19-9-7-12/h2-9H,10H2,1H3. The quantitative estimate of drug-likeness (QED) is 0.664. The summed E-state index contributed by atoms with van der Waals surface area (Å²) in [6.45, 7) is 0. The molecule has 2 heterocycles. The third kappa shape index (κ3) is 3.57. The smallest absolute Gasteiger partial charge is 0.350 e. The molecule has 0 radical (unpaired) electrons. The van der Waals surface area contributed by atoms with Gasteiger partial charge in [0.05, 0.1) is 12.8 Å². The molecule has 4 nitrogen and oxygen atoms in total. The van der Waals surface area contributed by atoms with Crippen molar-refractivity contribution in [2.45, 2.75) is 6.42 Å². The van der Waals surface area contributed by atoms with Gasteiger partial charge in [-0.3, -0.25) is 4.98 Å². The van der Waals surface area contributed by atoms with Crippen LogP contribution in [-0.2, 0) is 11.2 Å². The Morgan fingerprint density at radius 1 is 1.17 bits per heavy atom. The van der Waals surface area contributed by atoms with Crippen molar-refractivity contribution in [3.63, 3.8) is 0 Å². The van der Waals surface area contributed by atoms with Gasteiger partial charge in [-0.2, -0.15) is 0 Å². The number of carbonyl (C=O) groups is 1. The highest BCUT2D eigenvalue weighted by Crippen LogP contribution is 2.29. The van der Waals surface area contributed by atoms with Gasteiger partial charge < -0.3 is 4.74 Å². The first-order valence-corrected chi connectivity index (χ1v) is 8.09. The maximum atomic E-state index is 12.0. The maximum absolute atomic E-state index is 12.0. The van der Waals surface area contributed by atoms with E-state index in [1.54, 1.807) is 12.4 Å². The van der Waals surface area contributed by atoms with Crippen molar-refractivity contribution >= 4 is 28.9 Å². The summed E-state index contributed by atoms with van der Waals surface area (Å²) in [4.78, 5) is 21.2. The van der Waals surface area contributed by atoms with Crippen LogP contribution in [-0.4, -0.2) is 23.0 Å². The van der Waals surface area contributed by atoms with Crippen LogP contribution >= 0.6 is 22.9 Å². The van der Waals surface area contributed by atoms with Crippen LogP contribution in [0, 0.1) is 0 Å². The number of thiazole rings is 1. The summed E-state index contributed by atoms with van der Waals surface area (Å²) < 4.78 is 4.88. The molecule has 0 saturated carbocycles. The Bertz CT molecular complexity index is 816. The van der Waals surface area contributed by atoms with E-state index in [1.165, 1.54) is 18.4 Å². The number of hydrogen-bond donors (Lipinski definition) is 0. The second-order valence-corrected chi connectivity index (χ2v) is 6.26. The van der Waals surface area contributed by atoms with Crippen LogP contribution in [0.2, 0.25) is 5.02 Å². The van der Waals surface area contributed by atoms with Crippen LogP contribution in [0.5, 0.6) is 0 Å². The first-order chi connectivity index (χ1) is 11.2. The zero-order valence-electron chi connectivity index (χ0n) is 12.3. The molecule has 0 spiro atoms. The van der Waals surface area contributed by atoms with E-state index in [-0.39, 0.29) is 5.97 Å². The number of ether oxygens (including phenoxy) is 1. The third-order valence-electron chi connectivity index (χ3n) is 3.28. The Labute approximate surface area is 142 Å². The maximum Gasteiger partial charge on any atom is 0.350 e. The highest BCUT2D eigenvalue weighted by atomic mass is 35.5. The molecule has 0 amide bonds. The lowest BCUT2D eigenvalue weighted by Crippen LogP contribution is -2.03. The number of nitrogens with zero attached hydrogens (tertiary/aromatic N) is 2. The number of esters is 1. The van der Waals surface area contributed by atoms with Crippen molar-refractivity contribution in [3.8, 4) is 10.6 Å². The minimum Gasteiger partial charge on any atom is -0.465 e. The zero-order chi connectivity index (χ0) is 16.2. The van der Waals surface area contributed by atoms with E-state index < -0.39 is 0 Å². The fourth-order valence-electron chi connectivity index (χ4n) is 2.14. The Morgan fingerprint density at radius 3 is 2.52 bits per heavy atom. The normalized spacial score (nSPS) is 10.5. The minimum absolute atomic E-state index is 0.369. The molecule has 0 bridgehead atoms. The van der Waals surface area contributed by atoms with Crippen molar-refractivity contribution in [2.75, 3.05) is 7.11 Å². The summed E-state index contributed by atoms with van der Waals surface area (Å²) in [5, 5.41) is 1.45. The number of benzene rings is 1. The Balaban J connectivity index is 1.98. The van der Waals surface area contributed by atoms with Crippen LogP contribution in [0.25, 0.3) is 10.6 Å². The first-order valence-electron chi connectivity index (χ1n) is 6.90. The molecule has 0 saturated heterocycles. The van der Waals surface area contributed by atoms with E-state index >= 15 is 0 Å². The predicted molar refractivity (Wildman–Crippen MR) is 90.9 cm³/mol. The first kappa shape index (κ1) is 15.6. The van der Waals surface area contributed by atoms with Gasteiger partial charge in [0.25, 0.3) is 0 Å². The zero-order valence-corrected chi connectivity index (χ0v) is 13.9. The van der Waals surface area contributed by atoms with Gasteiger partial charge in [-0.15, -0.1) is 11.3 Å². The number of aromatic nitrogens is 2. The summed E-state index contributed by atoms with van der Waals surface area (Å²) in [5.41, 5.74) is 2.67. The monoisotopic (exact) mass is 344 g/mol. The van der Waals surface area contributed by atoms with E-state index in [0.29, 0.717) is 22.0 Å². The molecule has 3 aromatic rings. The van der Waals surface area contributed by atoms with Crippen LogP contribution in [0.1, 0.15) is 20.9 Å². The molecule has 0 atom stereocenters. The molecule has 6 heteroatoms. The Kier molecular flexibility index (Phi) is 4.69. The molecule has 0 N–H and O–H groups in total. The number of rotatable bonds is 4. The summed E-state index contributed by atoms with van der Waals surface area (Å²) in [6.07, 6.45) is 3.95. The van der Waals surface area contributed by atoms with Crippen LogP contribution in [0.15, 0.2) is 48.8 Å². The van der Waals surface area contributed by atoms with Crippen LogP contribution < -0.4 is 0 Å². The highest BCUT2D eigenvalue weighted by Gasteiger charge is 2.19. The summed E-state index contributed by atoms with van der Waals surface area (Å²) >= 11 is 7.24. The Morgan fingerprint density at radius 2 is 1.87 bits per heavy atom. The number of hydrogen-bond acceptors (Lipinski definition) is 5. The van der Waals surface area contributed by atoms with E-state index in [2.05, 4.69) is 9.97 Å². The van der Waals surface area contributed by atoms with E-state index in [4.69, 9.17) is 16.3 Å². The molecule has 0 fully saturated rings. The average molecular weight is 345 g/mol. The number of halogens is 1. The van der Waals surface area contributed by atoms with Crippen LogP contribution in [0.3, 0.4) is 0 Å². The molecule has 3 rings (SSSR count). The van der Waals surface area contributed by atoms with Gasteiger partial charge in [-0.1, -0.05) is 23.7 Å². The largest absolute Gasteiger partial charge is 0.465 e. The molecule has 1 aromatic carbocycles. The molecular formula is C17H13ClN2O2S. The van der Waals surface area contributed by atoms with Gasteiger partial charge in [0.15, 0.2) is 0 Å². The molecule has 0 aliphatic carbocycles. The lowest BCUT2D eigenvalue weighted by atomic mass is 10.1. The highest BCUT2D eigenvalue weighted by molar-refractivity contribution is 7.17. The van der Waals surface area contributed by atoms with Crippen molar-refractivity contribution in [2.24, 2.45) is 0 Å². The minimum atomic E-state index is -0.369. The van der Waals surface area contributed by atoms with Crippen molar-refractivity contribution in [1.82, 2.24) is 9.97 Å². The van der Waals surface area contributed by atoms with Gasteiger partial charge in [0.1, 0.15) is 9.88 Å². The number of pyridine rings is 1. The van der Waals surface area contributed by atoms with E-state index in [0.717, 1.165) is 16.1 Å². The second kappa shape index (κ2) is 6.89. The molecular weight excluding hydrogens is 332 g/mol. The summed E-state index contributed by atoms with van der Waals surface area (Å²) in [7, 11) is 1.38. The van der Waals surface area contributed by atoms with Gasteiger partial charge in [0.2, 0.25) is 0 Å². The lowest BCUT2D eigenvalue weighted by Gasteiger charge is -2.01. The third-order valence-corrected chi connectivity index (χ3v) is 4.66. The topological polar surface area (TPSA) is 52.1 Å². The van der Waals surface area contributed by atoms with Gasteiger partial charge in [-0.25, -0.2) is 9.78 Å². The number of methoxy groups -OCH3 is 1. The summed E-state index contributed by atoms with van der Waals surface area (Å²) in [5.74, 6) is -0.369. The fourth-order valence-corrected chi connectivity index (χ4v) is 3.27. The fraction of sp³-hybridized carbons (Fsp3) is 0.118. The predicted octanol–water partition coefficient (Wildman–Crippen LogP) is 4.24.